The van der Waals surface area contributed by atoms with Gasteiger partial charge in [0.1, 0.15) is 0 Å². The van der Waals surface area contributed by atoms with Crippen molar-refractivity contribution >= 4 is 48.6 Å². The first kappa shape index (κ1) is 35.6. The lowest BCUT2D eigenvalue weighted by molar-refractivity contribution is 0.660. The molecule has 1 nitrogen and oxygen atoms in total. The van der Waals surface area contributed by atoms with Crippen molar-refractivity contribution in [2.75, 3.05) is 4.90 Å². The molecule has 0 fully saturated rings. The number of hydrogen-bond acceptors (Lipinski definition) is 2. The molecule has 4 aliphatic carbocycles. The highest BCUT2D eigenvalue weighted by atomic mass is 32.1. The SMILES string of the molecule is CC1(C)c2ccccc2-c2cc(N(c3ccc4c(c3)C(C)(C)c3ccccc3-4)c3ccc4c(c3)C3(c5ccccc5-c5ccccc53)c3ccc5c(sc6ccccc65)c3-4)ccc21. The zero-order valence-corrected chi connectivity index (χ0v) is 36.6. The highest BCUT2D eigenvalue weighted by Crippen LogP contribution is 2.65. The molecule has 1 aromatic heterocycles. The Morgan fingerprint density at radius 3 is 1.48 bits per heavy atom. The van der Waals surface area contributed by atoms with Crippen LogP contribution >= 0.6 is 11.3 Å². The van der Waals surface area contributed by atoms with Crippen molar-refractivity contribution < 1.29 is 0 Å². The summed E-state index contributed by atoms with van der Waals surface area (Å²) in [5, 5.41) is 2.67. The molecule has 9 aromatic carbocycles. The fraction of sp³-hybridized carbons (Fsp3) is 0.115. The summed E-state index contributed by atoms with van der Waals surface area (Å²) in [4.78, 5) is 2.55. The summed E-state index contributed by atoms with van der Waals surface area (Å²) in [6.07, 6.45) is 0. The third-order valence-corrected chi connectivity index (χ3v) is 16.7. The highest BCUT2D eigenvalue weighted by Gasteiger charge is 2.52. The molecule has 298 valence electrons. The number of fused-ring (bicyclic) bond motifs is 20. The van der Waals surface area contributed by atoms with Gasteiger partial charge in [0, 0.05) is 53.6 Å². The third kappa shape index (κ3) is 4.37. The van der Waals surface area contributed by atoms with Crippen LogP contribution < -0.4 is 4.90 Å². The van der Waals surface area contributed by atoms with Gasteiger partial charge in [0.25, 0.3) is 0 Å². The molecule has 0 amide bonds. The molecule has 0 atom stereocenters. The molecule has 0 unspecified atom stereocenters. The molecule has 14 rings (SSSR count). The van der Waals surface area contributed by atoms with Crippen molar-refractivity contribution in [1.29, 1.82) is 0 Å². The van der Waals surface area contributed by atoms with Crippen LogP contribution in [0.25, 0.3) is 64.7 Å². The fourth-order valence-electron chi connectivity index (χ4n) is 12.7. The van der Waals surface area contributed by atoms with Crippen molar-refractivity contribution in [1.82, 2.24) is 0 Å². The first-order chi connectivity index (χ1) is 30.8. The maximum atomic E-state index is 2.56. The zero-order valence-electron chi connectivity index (χ0n) is 35.8. The number of thiophene rings is 1. The molecular weight excluding hydrogens is 779 g/mol. The van der Waals surface area contributed by atoms with Gasteiger partial charge in [-0.2, -0.15) is 0 Å². The third-order valence-electron chi connectivity index (χ3n) is 15.5. The fourth-order valence-corrected chi connectivity index (χ4v) is 13.9. The van der Waals surface area contributed by atoms with E-state index < -0.39 is 5.41 Å². The van der Waals surface area contributed by atoms with Gasteiger partial charge in [0.05, 0.1) is 5.41 Å². The molecule has 1 heterocycles. The van der Waals surface area contributed by atoms with Gasteiger partial charge in [-0.05, 0) is 126 Å². The summed E-state index contributed by atoms with van der Waals surface area (Å²) in [5.74, 6) is 0. The van der Waals surface area contributed by atoms with Crippen LogP contribution in [0, 0.1) is 0 Å². The van der Waals surface area contributed by atoms with E-state index in [9.17, 15) is 0 Å². The first-order valence-electron chi connectivity index (χ1n) is 22.3. The van der Waals surface area contributed by atoms with Gasteiger partial charge in [-0.15, -0.1) is 11.3 Å². The van der Waals surface area contributed by atoms with E-state index in [1.165, 1.54) is 115 Å². The molecule has 4 aliphatic rings. The van der Waals surface area contributed by atoms with E-state index >= 15 is 0 Å². The maximum absolute atomic E-state index is 2.56. The number of anilines is 3. The smallest absolute Gasteiger partial charge is 0.0726 e. The minimum Gasteiger partial charge on any atom is -0.310 e. The van der Waals surface area contributed by atoms with E-state index in [0.29, 0.717) is 0 Å². The van der Waals surface area contributed by atoms with Crippen LogP contribution in [0.3, 0.4) is 0 Å². The molecule has 63 heavy (non-hydrogen) atoms. The minimum atomic E-state index is -0.480. The average molecular weight is 822 g/mol. The van der Waals surface area contributed by atoms with Crippen molar-refractivity contribution in [2.45, 2.75) is 43.9 Å². The molecule has 0 radical (unpaired) electrons. The second kappa shape index (κ2) is 12.1. The van der Waals surface area contributed by atoms with Gasteiger partial charge < -0.3 is 4.90 Å². The number of rotatable bonds is 3. The summed E-state index contributed by atoms with van der Waals surface area (Å²) in [7, 11) is 0. The molecule has 2 heteroatoms. The Hall–Kier alpha value is -7.00. The Balaban J connectivity index is 1.06. The van der Waals surface area contributed by atoms with Crippen LogP contribution in [0.5, 0.6) is 0 Å². The average Bonchev–Trinajstić information content (AvgIpc) is 4.06. The summed E-state index contributed by atoms with van der Waals surface area (Å²) in [5.41, 5.74) is 24.5. The summed E-state index contributed by atoms with van der Waals surface area (Å²) in [6, 6.07) is 72.0. The maximum Gasteiger partial charge on any atom is 0.0726 e. The molecule has 0 bridgehead atoms. The van der Waals surface area contributed by atoms with Crippen LogP contribution in [0.1, 0.15) is 72.2 Å². The van der Waals surface area contributed by atoms with Gasteiger partial charge >= 0.3 is 0 Å². The molecule has 1 spiro atoms. The predicted octanol–water partition coefficient (Wildman–Crippen LogP) is 16.5. The molecule has 0 N–H and O–H groups in total. The van der Waals surface area contributed by atoms with E-state index in [1.807, 2.05) is 11.3 Å². The quantitative estimate of drug-likeness (QED) is 0.172. The normalized spacial score (nSPS) is 15.7. The van der Waals surface area contributed by atoms with E-state index in [-0.39, 0.29) is 10.8 Å². The Bertz CT molecular complexity index is 3610. The van der Waals surface area contributed by atoms with E-state index in [0.717, 1.165) is 11.4 Å². The van der Waals surface area contributed by atoms with Gasteiger partial charge in [-0.25, -0.2) is 0 Å². The molecule has 0 aliphatic heterocycles. The monoisotopic (exact) mass is 821 g/mol. The zero-order chi connectivity index (χ0) is 42.0. The van der Waals surface area contributed by atoms with Crippen molar-refractivity contribution in [2.24, 2.45) is 0 Å². The van der Waals surface area contributed by atoms with Crippen LogP contribution in [0.2, 0.25) is 0 Å². The lowest BCUT2D eigenvalue weighted by Crippen LogP contribution is -2.26. The predicted molar refractivity (Wildman–Crippen MR) is 265 cm³/mol. The molecular formula is C61H43NS. The van der Waals surface area contributed by atoms with E-state index in [4.69, 9.17) is 0 Å². The standard InChI is InChI=1S/C61H43NS/c1-59(2)49-21-11-6-18-42(49)47-33-36(27-31-50(47)59)62(37-25-28-43-39-15-5-10-20-48(39)60(3,4)54(43)34-37)38-26-29-46-55(35-38)61(51-22-12-7-16-40(51)41-17-8-13-23-52(41)61)53-32-30-45-44-19-9-14-24-56(44)63-58(45)57(46)53/h5-35H,1-4H3. The number of hydrogen-bond donors (Lipinski definition) is 0. The van der Waals surface area contributed by atoms with E-state index in [1.54, 1.807) is 0 Å². The van der Waals surface area contributed by atoms with Crippen molar-refractivity contribution in [3.05, 3.63) is 233 Å². The summed E-state index contributed by atoms with van der Waals surface area (Å²) < 4.78 is 2.71. The highest BCUT2D eigenvalue weighted by molar-refractivity contribution is 7.26. The van der Waals surface area contributed by atoms with Crippen molar-refractivity contribution in [3.63, 3.8) is 0 Å². The Morgan fingerprint density at radius 1 is 0.333 bits per heavy atom. The topological polar surface area (TPSA) is 3.24 Å². The van der Waals surface area contributed by atoms with Crippen LogP contribution in [0.15, 0.2) is 188 Å². The van der Waals surface area contributed by atoms with Crippen LogP contribution in [-0.2, 0) is 16.2 Å². The van der Waals surface area contributed by atoms with Crippen LogP contribution in [0.4, 0.5) is 17.1 Å². The second-order valence-electron chi connectivity index (χ2n) is 19.2. The van der Waals surface area contributed by atoms with Crippen molar-refractivity contribution in [3.8, 4) is 44.5 Å². The lowest BCUT2D eigenvalue weighted by atomic mass is 9.70. The second-order valence-corrected chi connectivity index (χ2v) is 20.2. The Labute approximate surface area is 372 Å². The first-order valence-corrected chi connectivity index (χ1v) is 23.2. The van der Waals surface area contributed by atoms with Crippen LogP contribution in [-0.4, -0.2) is 0 Å². The van der Waals surface area contributed by atoms with Gasteiger partial charge in [0.15, 0.2) is 0 Å². The summed E-state index contributed by atoms with van der Waals surface area (Å²) in [6.45, 7) is 9.52. The summed E-state index contributed by atoms with van der Waals surface area (Å²) >= 11 is 1.94. The minimum absolute atomic E-state index is 0.0778. The molecule has 10 aromatic rings. The Kier molecular flexibility index (Phi) is 6.85. The number of benzene rings is 9. The lowest BCUT2D eigenvalue weighted by Gasteiger charge is -2.33. The Morgan fingerprint density at radius 2 is 0.794 bits per heavy atom. The molecule has 0 saturated heterocycles. The van der Waals surface area contributed by atoms with Gasteiger partial charge in [0.2, 0.25) is 0 Å². The largest absolute Gasteiger partial charge is 0.310 e. The van der Waals surface area contributed by atoms with Gasteiger partial charge in [-0.3, -0.25) is 0 Å². The van der Waals surface area contributed by atoms with Gasteiger partial charge in [-0.1, -0.05) is 173 Å². The number of nitrogens with zero attached hydrogens (tertiary/aromatic N) is 1. The molecule has 0 saturated carbocycles. The van der Waals surface area contributed by atoms with E-state index in [2.05, 4.69) is 221 Å².